The maximum atomic E-state index is 12.1. The van der Waals surface area contributed by atoms with E-state index in [1.54, 1.807) is 31.4 Å². The fourth-order valence-electron chi connectivity index (χ4n) is 2.35. The first-order valence-corrected chi connectivity index (χ1v) is 9.15. The summed E-state index contributed by atoms with van der Waals surface area (Å²) in [6.45, 7) is 0. The molecule has 3 rings (SSSR count). The van der Waals surface area contributed by atoms with Crippen molar-refractivity contribution in [3.05, 3.63) is 53.6 Å². The van der Waals surface area contributed by atoms with E-state index < -0.39 is 0 Å². The number of hydrogen-bond acceptors (Lipinski definition) is 5. The normalized spacial score (nSPS) is 10.6. The quantitative estimate of drug-likeness (QED) is 0.649. The molecule has 6 nitrogen and oxygen atoms in total. The van der Waals surface area contributed by atoms with E-state index in [4.69, 9.17) is 16.3 Å². The maximum Gasteiger partial charge on any atom is 0.234 e. The van der Waals surface area contributed by atoms with Crippen molar-refractivity contribution < 1.29 is 9.53 Å². The lowest BCUT2D eigenvalue weighted by Crippen LogP contribution is -2.14. The number of benzene rings is 2. The molecule has 0 radical (unpaired) electrons. The van der Waals surface area contributed by atoms with E-state index in [9.17, 15) is 4.79 Å². The zero-order valence-electron chi connectivity index (χ0n) is 14.3. The summed E-state index contributed by atoms with van der Waals surface area (Å²) >= 11 is 7.23. The van der Waals surface area contributed by atoms with Crippen molar-refractivity contribution in [2.45, 2.75) is 5.16 Å². The number of carbonyl (C=O) groups excluding carboxylic acids is 1. The molecule has 0 unspecified atom stereocenters. The zero-order chi connectivity index (χ0) is 18.5. The van der Waals surface area contributed by atoms with Crippen LogP contribution in [0.3, 0.4) is 0 Å². The Morgan fingerprint density at radius 3 is 2.81 bits per heavy atom. The minimum absolute atomic E-state index is 0.136. The molecule has 0 spiro atoms. The Balaban J connectivity index is 1.65. The third kappa shape index (κ3) is 4.36. The van der Waals surface area contributed by atoms with Crippen molar-refractivity contribution >= 4 is 35.0 Å². The second-order valence-electron chi connectivity index (χ2n) is 5.44. The van der Waals surface area contributed by atoms with Gasteiger partial charge in [-0.25, -0.2) is 0 Å². The fraction of sp³-hybridized carbons (Fsp3) is 0.167. The van der Waals surface area contributed by atoms with Crippen LogP contribution in [0.25, 0.3) is 11.4 Å². The number of ether oxygens (including phenoxy) is 1. The molecule has 8 heteroatoms. The van der Waals surface area contributed by atoms with Gasteiger partial charge in [0.25, 0.3) is 0 Å². The number of hydrogen-bond donors (Lipinski definition) is 1. The van der Waals surface area contributed by atoms with Gasteiger partial charge in [0.1, 0.15) is 5.75 Å². The molecule has 1 N–H and O–H groups in total. The van der Waals surface area contributed by atoms with Gasteiger partial charge >= 0.3 is 0 Å². The number of rotatable bonds is 6. The summed E-state index contributed by atoms with van der Waals surface area (Å²) in [5.41, 5.74) is 1.56. The summed E-state index contributed by atoms with van der Waals surface area (Å²) in [5.74, 6) is 1.54. The predicted octanol–water partition coefficient (Wildman–Crippen LogP) is 3.87. The minimum Gasteiger partial charge on any atom is -0.497 e. The number of anilines is 1. The SMILES string of the molecule is COc1cccc(-c2nnc(SCC(=O)Nc3cccc(Cl)c3)n2C)c1. The third-order valence-corrected chi connectivity index (χ3v) is 4.86. The Bertz CT molecular complexity index is 929. The summed E-state index contributed by atoms with van der Waals surface area (Å²) in [7, 11) is 3.49. The van der Waals surface area contributed by atoms with E-state index in [2.05, 4.69) is 15.5 Å². The van der Waals surface area contributed by atoms with Crippen molar-refractivity contribution in [1.29, 1.82) is 0 Å². The lowest BCUT2D eigenvalue weighted by Gasteiger charge is -2.06. The number of amides is 1. The first-order valence-electron chi connectivity index (χ1n) is 7.79. The van der Waals surface area contributed by atoms with E-state index in [1.807, 2.05) is 35.9 Å². The molecule has 0 aliphatic carbocycles. The average Bonchev–Trinajstić information content (AvgIpc) is 3.00. The molecule has 1 heterocycles. The molecule has 2 aromatic carbocycles. The Labute approximate surface area is 160 Å². The Hall–Kier alpha value is -2.51. The van der Waals surface area contributed by atoms with E-state index in [0.29, 0.717) is 21.7 Å². The zero-order valence-corrected chi connectivity index (χ0v) is 15.8. The van der Waals surface area contributed by atoms with Gasteiger partial charge in [0, 0.05) is 23.3 Å². The van der Waals surface area contributed by atoms with Crippen molar-refractivity contribution in [3.63, 3.8) is 0 Å². The van der Waals surface area contributed by atoms with Crippen molar-refractivity contribution in [2.24, 2.45) is 7.05 Å². The highest BCUT2D eigenvalue weighted by Gasteiger charge is 2.13. The molecule has 0 saturated carbocycles. The molecule has 26 heavy (non-hydrogen) atoms. The number of thioether (sulfide) groups is 1. The number of methoxy groups -OCH3 is 1. The second kappa shape index (κ2) is 8.25. The van der Waals surface area contributed by atoms with Gasteiger partial charge in [-0.2, -0.15) is 0 Å². The number of aromatic nitrogens is 3. The van der Waals surface area contributed by atoms with Crippen LogP contribution in [0.5, 0.6) is 5.75 Å². The van der Waals surface area contributed by atoms with Crippen molar-refractivity contribution in [1.82, 2.24) is 14.8 Å². The molecule has 0 bridgehead atoms. The van der Waals surface area contributed by atoms with E-state index >= 15 is 0 Å². The molecule has 1 aromatic heterocycles. The third-order valence-electron chi connectivity index (χ3n) is 3.60. The highest BCUT2D eigenvalue weighted by molar-refractivity contribution is 7.99. The molecule has 3 aromatic rings. The van der Waals surface area contributed by atoms with Crippen LogP contribution in [0.2, 0.25) is 5.02 Å². The number of carbonyl (C=O) groups is 1. The van der Waals surface area contributed by atoms with Gasteiger partial charge in [0.05, 0.1) is 12.9 Å². The van der Waals surface area contributed by atoms with Crippen molar-refractivity contribution in [3.8, 4) is 17.1 Å². The first kappa shape index (κ1) is 18.3. The van der Waals surface area contributed by atoms with Gasteiger partial charge in [0.2, 0.25) is 5.91 Å². The molecule has 0 saturated heterocycles. The summed E-state index contributed by atoms with van der Waals surface area (Å²) < 4.78 is 7.10. The van der Waals surface area contributed by atoms with Gasteiger partial charge < -0.3 is 14.6 Å². The Morgan fingerprint density at radius 2 is 2.04 bits per heavy atom. The first-order chi connectivity index (χ1) is 12.6. The van der Waals surface area contributed by atoms with Gasteiger partial charge in [-0.05, 0) is 30.3 Å². The minimum atomic E-state index is -0.136. The monoisotopic (exact) mass is 388 g/mol. The summed E-state index contributed by atoms with van der Waals surface area (Å²) in [6, 6.07) is 14.6. The van der Waals surface area contributed by atoms with E-state index in [1.165, 1.54) is 11.8 Å². The number of halogens is 1. The lowest BCUT2D eigenvalue weighted by atomic mass is 10.2. The molecule has 0 aliphatic heterocycles. The molecular weight excluding hydrogens is 372 g/mol. The molecule has 0 atom stereocenters. The van der Waals surface area contributed by atoms with E-state index in [0.717, 1.165) is 11.3 Å². The topological polar surface area (TPSA) is 69.0 Å². The van der Waals surface area contributed by atoms with E-state index in [-0.39, 0.29) is 11.7 Å². The van der Waals surface area contributed by atoms with Gasteiger partial charge in [-0.3, -0.25) is 4.79 Å². The highest BCUT2D eigenvalue weighted by Crippen LogP contribution is 2.25. The van der Waals surface area contributed by atoms with Gasteiger partial charge in [-0.1, -0.05) is 41.6 Å². The van der Waals surface area contributed by atoms with Crippen LogP contribution in [0.1, 0.15) is 0 Å². The van der Waals surface area contributed by atoms with Crippen LogP contribution in [-0.4, -0.2) is 33.5 Å². The number of nitrogens with zero attached hydrogens (tertiary/aromatic N) is 3. The van der Waals surface area contributed by atoms with Crippen LogP contribution in [-0.2, 0) is 11.8 Å². The van der Waals surface area contributed by atoms with Crippen molar-refractivity contribution in [2.75, 3.05) is 18.2 Å². The van der Waals surface area contributed by atoms with Crippen LogP contribution in [0, 0.1) is 0 Å². The van der Waals surface area contributed by atoms with Crippen LogP contribution in [0.4, 0.5) is 5.69 Å². The smallest absolute Gasteiger partial charge is 0.234 e. The largest absolute Gasteiger partial charge is 0.497 e. The number of nitrogens with one attached hydrogen (secondary N) is 1. The molecular formula is C18H17ClN4O2S. The van der Waals surface area contributed by atoms with Gasteiger partial charge in [0.15, 0.2) is 11.0 Å². The Kier molecular flexibility index (Phi) is 5.80. The molecule has 0 fully saturated rings. The lowest BCUT2D eigenvalue weighted by molar-refractivity contribution is -0.113. The van der Waals surface area contributed by atoms with Crippen LogP contribution < -0.4 is 10.1 Å². The summed E-state index contributed by atoms with van der Waals surface area (Å²) in [6.07, 6.45) is 0. The fourth-order valence-corrected chi connectivity index (χ4v) is 3.25. The predicted molar refractivity (Wildman–Crippen MR) is 104 cm³/mol. The molecule has 0 aliphatic rings. The van der Waals surface area contributed by atoms with Crippen LogP contribution >= 0.6 is 23.4 Å². The maximum absolute atomic E-state index is 12.1. The summed E-state index contributed by atoms with van der Waals surface area (Å²) in [5, 5.41) is 12.4. The van der Waals surface area contributed by atoms with Gasteiger partial charge in [-0.15, -0.1) is 10.2 Å². The summed E-state index contributed by atoms with van der Waals surface area (Å²) in [4.78, 5) is 12.1. The van der Waals surface area contributed by atoms with Crippen LogP contribution in [0.15, 0.2) is 53.7 Å². The average molecular weight is 389 g/mol. The second-order valence-corrected chi connectivity index (χ2v) is 6.82. The highest BCUT2D eigenvalue weighted by atomic mass is 35.5. The molecule has 1 amide bonds. The Morgan fingerprint density at radius 1 is 1.23 bits per heavy atom. The standard InChI is InChI=1S/C18H17ClN4O2S/c1-23-17(12-5-3-8-15(9-12)25-2)21-22-18(23)26-11-16(24)20-14-7-4-6-13(19)10-14/h3-10H,11H2,1-2H3,(H,20,24). The molecule has 134 valence electrons.